The number of aromatic nitrogens is 2. The summed E-state index contributed by atoms with van der Waals surface area (Å²) in [6.07, 6.45) is 22.8. The Morgan fingerprint density at radius 2 is 2.00 bits per heavy atom. The Labute approximate surface area is 263 Å². The standard InChI is InChI=1S/C37H52N4O3/c1-3-4-22-43-30-15-13-27(14-16-30)23-29-25-38-20-21-40(29)35-33(44-35)32-34(36(2)17-7-5-8-18-36)41(26-39-32)31-10-6-9-19-37(31,42)24-28-11-12-28/h5,7-8,13-17,26,28-29,31,33,35,38,42H,3-4,6,9-12,18-25H2,1-2H3/t29?,31-,33?,35?,36?,37-/m1/s1. The van der Waals surface area contributed by atoms with E-state index in [1.54, 1.807) is 0 Å². The molecule has 6 atom stereocenters. The number of imidazole rings is 1. The molecule has 1 aromatic carbocycles. The molecule has 2 saturated heterocycles. The molecule has 3 aliphatic carbocycles. The van der Waals surface area contributed by atoms with Crippen LogP contribution in [0.15, 0.2) is 54.9 Å². The van der Waals surface area contributed by atoms with Gasteiger partial charge in [0.15, 0.2) is 0 Å². The number of rotatable bonds is 12. The minimum atomic E-state index is -0.652. The third-order valence-corrected chi connectivity index (χ3v) is 10.9. The highest BCUT2D eigenvalue weighted by Crippen LogP contribution is 2.51. The highest BCUT2D eigenvalue weighted by Gasteiger charge is 2.53. The SMILES string of the molecule is CCCCOc1ccc(CC2CNCCN2C2OC2c2ncn([C@@H]3CCCC[C@@]3(O)CC3CC3)c2C2(C)C=CC=CC2)cc1. The first-order valence-corrected chi connectivity index (χ1v) is 17.4. The van der Waals surface area contributed by atoms with Gasteiger partial charge in [-0.05, 0) is 62.1 Å². The zero-order valence-electron chi connectivity index (χ0n) is 26.8. The first-order valence-electron chi connectivity index (χ1n) is 17.4. The molecule has 0 spiro atoms. The Hall–Kier alpha value is -2.45. The van der Waals surface area contributed by atoms with Crippen molar-refractivity contribution in [3.8, 4) is 5.75 Å². The third-order valence-electron chi connectivity index (χ3n) is 10.9. The number of nitrogens with zero attached hydrogens (tertiary/aromatic N) is 3. The van der Waals surface area contributed by atoms with Gasteiger partial charge in [0.05, 0.1) is 36.0 Å². The maximum absolute atomic E-state index is 12.1. The number of aliphatic hydroxyl groups is 1. The lowest BCUT2D eigenvalue weighted by Crippen LogP contribution is -2.53. The Kier molecular flexibility index (Phi) is 8.75. The van der Waals surface area contributed by atoms with E-state index in [0.717, 1.165) is 95.5 Å². The van der Waals surface area contributed by atoms with Crippen molar-refractivity contribution >= 4 is 0 Å². The predicted octanol–water partition coefficient (Wildman–Crippen LogP) is 6.40. The van der Waals surface area contributed by atoms with E-state index < -0.39 is 5.60 Å². The number of unbranched alkanes of at least 4 members (excludes halogenated alkanes) is 1. The van der Waals surface area contributed by atoms with Crippen LogP contribution in [0.2, 0.25) is 0 Å². The average Bonchev–Trinajstić information content (AvgIpc) is 3.97. The summed E-state index contributed by atoms with van der Waals surface area (Å²) in [7, 11) is 0. The Balaban J connectivity index is 1.12. The van der Waals surface area contributed by atoms with Gasteiger partial charge >= 0.3 is 0 Å². The van der Waals surface area contributed by atoms with Gasteiger partial charge in [-0.1, -0.05) is 82.4 Å². The van der Waals surface area contributed by atoms with Crippen LogP contribution in [-0.4, -0.2) is 63.7 Å². The van der Waals surface area contributed by atoms with Crippen molar-refractivity contribution < 1.29 is 14.6 Å². The predicted molar refractivity (Wildman–Crippen MR) is 174 cm³/mol. The Bertz CT molecular complexity index is 1330. The third kappa shape index (κ3) is 6.31. The fourth-order valence-electron chi connectivity index (χ4n) is 8.16. The van der Waals surface area contributed by atoms with Crippen molar-refractivity contribution in [3.63, 3.8) is 0 Å². The second-order valence-corrected chi connectivity index (χ2v) is 14.4. The lowest BCUT2D eigenvalue weighted by atomic mass is 9.74. The zero-order valence-corrected chi connectivity index (χ0v) is 26.8. The summed E-state index contributed by atoms with van der Waals surface area (Å²) in [6.45, 7) is 8.19. The van der Waals surface area contributed by atoms with Crippen molar-refractivity contribution in [2.75, 3.05) is 26.2 Å². The summed E-state index contributed by atoms with van der Waals surface area (Å²) in [5.74, 6) is 1.64. The van der Waals surface area contributed by atoms with Gasteiger partial charge in [0, 0.05) is 31.1 Å². The maximum Gasteiger partial charge on any atom is 0.144 e. The molecule has 3 heterocycles. The Morgan fingerprint density at radius 1 is 1.14 bits per heavy atom. The van der Waals surface area contributed by atoms with E-state index in [4.69, 9.17) is 14.5 Å². The fraction of sp³-hybridized carbons (Fsp3) is 0.649. The molecule has 7 nitrogen and oxygen atoms in total. The lowest BCUT2D eigenvalue weighted by molar-refractivity contribution is -0.0536. The van der Waals surface area contributed by atoms with E-state index in [1.807, 2.05) is 6.33 Å². The van der Waals surface area contributed by atoms with Gasteiger partial charge in [-0.15, -0.1) is 0 Å². The number of ether oxygens (including phenoxy) is 2. The van der Waals surface area contributed by atoms with Crippen LogP contribution < -0.4 is 10.1 Å². The van der Waals surface area contributed by atoms with Gasteiger partial charge < -0.3 is 24.5 Å². The van der Waals surface area contributed by atoms with Crippen LogP contribution in [0.5, 0.6) is 5.75 Å². The minimum absolute atomic E-state index is 0.0317. The van der Waals surface area contributed by atoms with Crippen LogP contribution in [0, 0.1) is 5.92 Å². The van der Waals surface area contributed by atoms with Crippen molar-refractivity contribution in [1.82, 2.24) is 19.8 Å². The molecular weight excluding hydrogens is 548 g/mol. The second kappa shape index (κ2) is 12.7. The van der Waals surface area contributed by atoms with Gasteiger partial charge in [-0.3, -0.25) is 4.90 Å². The molecule has 2 aliphatic heterocycles. The normalized spacial score (nSPS) is 33.9. The van der Waals surface area contributed by atoms with Crippen molar-refractivity contribution in [3.05, 3.63) is 71.8 Å². The highest BCUT2D eigenvalue weighted by molar-refractivity contribution is 5.37. The molecule has 0 bridgehead atoms. The number of piperazine rings is 1. The highest BCUT2D eigenvalue weighted by atomic mass is 16.6. The van der Waals surface area contributed by atoms with Crippen LogP contribution in [0.1, 0.15) is 107 Å². The first-order chi connectivity index (χ1) is 21.5. The van der Waals surface area contributed by atoms with E-state index >= 15 is 0 Å². The van der Waals surface area contributed by atoms with Crippen LogP contribution in [0.25, 0.3) is 0 Å². The lowest BCUT2D eigenvalue weighted by Gasteiger charge is -2.43. The van der Waals surface area contributed by atoms with E-state index in [9.17, 15) is 5.11 Å². The van der Waals surface area contributed by atoms with Gasteiger partial charge in [-0.25, -0.2) is 4.98 Å². The minimum Gasteiger partial charge on any atom is -0.494 e. The topological polar surface area (TPSA) is 75.1 Å². The smallest absolute Gasteiger partial charge is 0.144 e. The van der Waals surface area contributed by atoms with Crippen molar-refractivity contribution in [2.45, 2.75) is 120 Å². The van der Waals surface area contributed by atoms with Gasteiger partial charge in [0.25, 0.3) is 0 Å². The molecule has 7 rings (SSSR count). The van der Waals surface area contributed by atoms with Gasteiger partial charge in [-0.2, -0.15) is 0 Å². The van der Waals surface area contributed by atoms with E-state index in [1.165, 1.54) is 24.1 Å². The van der Waals surface area contributed by atoms with Crippen molar-refractivity contribution in [1.29, 1.82) is 0 Å². The summed E-state index contributed by atoms with van der Waals surface area (Å²) in [4.78, 5) is 7.71. The molecule has 2 aromatic rings. The van der Waals surface area contributed by atoms with Crippen LogP contribution in [-0.2, 0) is 16.6 Å². The maximum atomic E-state index is 12.1. The van der Waals surface area contributed by atoms with Crippen molar-refractivity contribution in [2.24, 2.45) is 5.92 Å². The monoisotopic (exact) mass is 600 g/mol. The molecule has 238 valence electrons. The quantitative estimate of drug-likeness (QED) is 0.217. The molecule has 5 aliphatic rings. The van der Waals surface area contributed by atoms with E-state index in [2.05, 4.69) is 77.2 Å². The zero-order chi connectivity index (χ0) is 30.1. The average molecular weight is 601 g/mol. The Morgan fingerprint density at radius 3 is 2.77 bits per heavy atom. The summed E-state index contributed by atoms with van der Waals surface area (Å²) >= 11 is 0. The first kappa shape index (κ1) is 30.2. The van der Waals surface area contributed by atoms with E-state index in [-0.39, 0.29) is 23.8 Å². The molecule has 7 heteroatoms. The number of benzene rings is 1. The number of hydrogen-bond acceptors (Lipinski definition) is 6. The number of nitrogens with one attached hydrogen (secondary N) is 1. The molecule has 44 heavy (non-hydrogen) atoms. The van der Waals surface area contributed by atoms with Crippen LogP contribution in [0.3, 0.4) is 0 Å². The molecule has 2 N–H and O–H groups in total. The molecule has 4 fully saturated rings. The van der Waals surface area contributed by atoms with E-state index in [0.29, 0.717) is 12.0 Å². The van der Waals surface area contributed by atoms with Crippen LogP contribution >= 0.6 is 0 Å². The van der Waals surface area contributed by atoms with Crippen LogP contribution in [0.4, 0.5) is 0 Å². The summed E-state index contributed by atoms with van der Waals surface area (Å²) in [5.41, 5.74) is 2.81. The van der Waals surface area contributed by atoms with Gasteiger partial charge in [0.2, 0.25) is 0 Å². The molecular formula is C37H52N4O3. The molecule has 4 unspecified atom stereocenters. The van der Waals surface area contributed by atoms with Gasteiger partial charge in [0.1, 0.15) is 18.1 Å². The largest absolute Gasteiger partial charge is 0.494 e. The second-order valence-electron chi connectivity index (χ2n) is 14.4. The molecule has 0 amide bonds. The fourth-order valence-corrected chi connectivity index (χ4v) is 8.16. The summed E-state index contributed by atoms with van der Waals surface area (Å²) in [6, 6.07) is 9.09. The number of hydrogen-bond donors (Lipinski definition) is 2. The molecule has 0 radical (unpaired) electrons. The number of allylic oxidation sites excluding steroid dienone is 4. The summed E-state index contributed by atoms with van der Waals surface area (Å²) in [5, 5.41) is 15.8. The number of epoxide rings is 1. The summed E-state index contributed by atoms with van der Waals surface area (Å²) < 4.78 is 14.9. The molecule has 2 saturated carbocycles. The molecule has 1 aromatic heterocycles.